The normalized spacial score (nSPS) is 19.8. The summed E-state index contributed by atoms with van der Waals surface area (Å²) in [6.07, 6.45) is 7.44. The van der Waals surface area contributed by atoms with Crippen molar-refractivity contribution < 1.29 is 13.9 Å². The third-order valence-corrected chi connectivity index (χ3v) is 6.12. The van der Waals surface area contributed by atoms with E-state index in [1.807, 2.05) is 37.5 Å². The molecule has 1 aromatic carbocycles. The second-order valence-corrected chi connectivity index (χ2v) is 8.69. The van der Waals surface area contributed by atoms with Gasteiger partial charge < -0.3 is 10.4 Å². The van der Waals surface area contributed by atoms with Gasteiger partial charge in [0.05, 0.1) is 18.4 Å². The highest BCUT2D eigenvalue weighted by Gasteiger charge is 2.46. The highest BCUT2D eigenvalue weighted by molar-refractivity contribution is 5.76. The molecule has 5 rings (SSSR count). The molecule has 4 aromatic rings. The first-order chi connectivity index (χ1) is 16.3. The maximum Gasteiger partial charge on any atom is 0.275 e. The summed E-state index contributed by atoms with van der Waals surface area (Å²) in [5.74, 6) is -2.32. The number of rotatable bonds is 5. The standard InChI is InChI=1S/C24H25F2N7O/c1-32-13-17(10-28-32)15-5-3-6-16(9-15)22-27-12-19(18-11-29-33(2)14-18)23(31-22)30-20-7-4-8-24(25,26)21(20)34/h3,5-6,9-14,20-21,34H,4,7-8H2,1-2H3,(H,27,30,31)/t20-,21-/m1/s1. The van der Waals surface area contributed by atoms with Crippen LogP contribution in [0.3, 0.4) is 0 Å². The number of alkyl halides is 2. The van der Waals surface area contributed by atoms with Crippen molar-refractivity contribution in [2.75, 3.05) is 5.32 Å². The number of nitrogens with one attached hydrogen (secondary N) is 1. The van der Waals surface area contributed by atoms with E-state index in [9.17, 15) is 13.9 Å². The summed E-state index contributed by atoms with van der Waals surface area (Å²) >= 11 is 0. The van der Waals surface area contributed by atoms with Gasteiger partial charge in [-0.1, -0.05) is 18.2 Å². The van der Waals surface area contributed by atoms with Gasteiger partial charge in [0.15, 0.2) is 5.82 Å². The molecule has 0 aliphatic heterocycles. The van der Waals surface area contributed by atoms with Crippen molar-refractivity contribution in [1.29, 1.82) is 0 Å². The molecule has 0 radical (unpaired) electrons. The van der Waals surface area contributed by atoms with Crippen LogP contribution >= 0.6 is 0 Å². The number of aliphatic hydroxyl groups excluding tert-OH is 1. The van der Waals surface area contributed by atoms with Gasteiger partial charge in [0.1, 0.15) is 11.9 Å². The van der Waals surface area contributed by atoms with Crippen LogP contribution in [-0.4, -0.2) is 52.7 Å². The van der Waals surface area contributed by atoms with E-state index in [1.54, 1.807) is 41.2 Å². The van der Waals surface area contributed by atoms with Gasteiger partial charge in [-0.2, -0.15) is 10.2 Å². The molecule has 8 nitrogen and oxygen atoms in total. The number of hydrogen-bond acceptors (Lipinski definition) is 6. The fourth-order valence-electron chi connectivity index (χ4n) is 4.30. The topological polar surface area (TPSA) is 93.7 Å². The van der Waals surface area contributed by atoms with Crippen LogP contribution in [0.1, 0.15) is 19.3 Å². The molecule has 10 heteroatoms. The van der Waals surface area contributed by atoms with Crippen LogP contribution in [0.15, 0.2) is 55.2 Å². The highest BCUT2D eigenvalue weighted by Crippen LogP contribution is 2.37. The number of halogens is 2. The molecule has 1 saturated carbocycles. The van der Waals surface area contributed by atoms with Crippen molar-refractivity contribution in [2.24, 2.45) is 14.1 Å². The summed E-state index contributed by atoms with van der Waals surface area (Å²) < 4.78 is 31.8. The Balaban J connectivity index is 1.54. The maximum atomic E-state index is 14.2. The fourth-order valence-corrected chi connectivity index (χ4v) is 4.30. The Morgan fingerprint density at radius 3 is 2.41 bits per heavy atom. The first-order valence-corrected chi connectivity index (χ1v) is 11.1. The molecule has 1 aliphatic carbocycles. The predicted molar refractivity (Wildman–Crippen MR) is 124 cm³/mol. The van der Waals surface area contributed by atoms with E-state index < -0.39 is 18.1 Å². The lowest BCUT2D eigenvalue weighted by Gasteiger charge is -2.35. The van der Waals surface area contributed by atoms with Crippen LogP contribution in [-0.2, 0) is 14.1 Å². The van der Waals surface area contributed by atoms with Crippen molar-refractivity contribution in [3.63, 3.8) is 0 Å². The molecule has 0 bridgehead atoms. The van der Waals surface area contributed by atoms with E-state index in [0.29, 0.717) is 30.0 Å². The molecule has 0 saturated heterocycles. The molecule has 3 heterocycles. The minimum atomic E-state index is -3.14. The molecular formula is C24H25F2N7O. The lowest BCUT2D eigenvalue weighted by atomic mass is 9.89. The van der Waals surface area contributed by atoms with Gasteiger partial charge in [-0.05, 0) is 24.5 Å². The summed E-state index contributed by atoms with van der Waals surface area (Å²) in [6, 6.07) is 6.91. The second-order valence-electron chi connectivity index (χ2n) is 8.69. The van der Waals surface area contributed by atoms with Crippen molar-refractivity contribution in [3.8, 4) is 33.6 Å². The minimum absolute atomic E-state index is 0.315. The quantitative estimate of drug-likeness (QED) is 0.464. The molecule has 1 aliphatic rings. The molecule has 0 unspecified atom stereocenters. The van der Waals surface area contributed by atoms with Crippen LogP contribution in [0.4, 0.5) is 14.6 Å². The molecule has 176 valence electrons. The lowest BCUT2D eigenvalue weighted by molar-refractivity contribution is -0.135. The minimum Gasteiger partial charge on any atom is -0.385 e. The smallest absolute Gasteiger partial charge is 0.275 e. The van der Waals surface area contributed by atoms with E-state index in [4.69, 9.17) is 4.98 Å². The molecule has 3 aromatic heterocycles. The predicted octanol–water partition coefficient (Wildman–Crippen LogP) is 3.91. The second kappa shape index (κ2) is 8.60. The SMILES string of the molecule is Cn1cc(-c2cccc(-c3ncc(-c4cnn(C)c4)c(N[C@@H]4CCCC(F)(F)[C@@H]4O)n3)c2)cn1. The zero-order valence-corrected chi connectivity index (χ0v) is 18.9. The van der Waals surface area contributed by atoms with Gasteiger partial charge in [0, 0.05) is 61.4 Å². The maximum absolute atomic E-state index is 14.2. The van der Waals surface area contributed by atoms with Crippen LogP contribution in [0.2, 0.25) is 0 Å². The summed E-state index contributed by atoms with van der Waals surface area (Å²) in [5.41, 5.74) is 4.07. The fraction of sp³-hybridized carbons (Fsp3) is 0.333. The van der Waals surface area contributed by atoms with Gasteiger partial charge in [0.25, 0.3) is 5.92 Å². The molecular weight excluding hydrogens is 440 g/mol. The molecule has 1 fully saturated rings. The molecule has 0 amide bonds. The van der Waals surface area contributed by atoms with Gasteiger partial charge in [-0.3, -0.25) is 9.36 Å². The highest BCUT2D eigenvalue weighted by atomic mass is 19.3. The Morgan fingerprint density at radius 1 is 1.00 bits per heavy atom. The van der Waals surface area contributed by atoms with E-state index in [2.05, 4.69) is 20.5 Å². The van der Waals surface area contributed by atoms with E-state index in [0.717, 1.165) is 22.3 Å². The summed E-state index contributed by atoms with van der Waals surface area (Å²) in [4.78, 5) is 9.27. The van der Waals surface area contributed by atoms with Crippen LogP contribution in [0.5, 0.6) is 0 Å². The Bertz CT molecular complexity index is 1320. The number of aliphatic hydroxyl groups is 1. The summed E-state index contributed by atoms with van der Waals surface area (Å²) in [5, 5.41) is 21.8. The Morgan fingerprint density at radius 2 is 1.71 bits per heavy atom. The van der Waals surface area contributed by atoms with E-state index in [-0.39, 0.29) is 6.42 Å². The van der Waals surface area contributed by atoms with Gasteiger partial charge >= 0.3 is 0 Å². The zero-order valence-electron chi connectivity index (χ0n) is 18.9. The molecule has 34 heavy (non-hydrogen) atoms. The third-order valence-electron chi connectivity index (χ3n) is 6.12. The summed E-state index contributed by atoms with van der Waals surface area (Å²) in [7, 11) is 3.65. The van der Waals surface area contributed by atoms with Crippen molar-refractivity contribution in [1.82, 2.24) is 29.5 Å². The summed E-state index contributed by atoms with van der Waals surface area (Å²) in [6.45, 7) is 0. The average molecular weight is 466 g/mol. The van der Waals surface area contributed by atoms with Crippen LogP contribution < -0.4 is 5.32 Å². The third kappa shape index (κ3) is 4.28. The van der Waals surface area contributed by atoms with E-state index >= 15 is 0 Å². The zero-order chi connectivity index (χ0) is 23.9. The molecule has 0 spiro atoms. The number of anilines is 1. The Labute approximate surface area is 195 Å². The average Bonchev–Trinajstić information content (AvgIpc) is 3.45. The van der Waals surface area contributed by atoms with Crippen molar-refractivity contribution >= 4 is 5.82 Å². The van der Waals surface area contributed by atoms with Crippen molar-refractivity contribution in [2.45, 2.75) is 37.3 Å². The number of hydrogen-bond donors (Lipinski definition) is 2. The van der Waals surface area contributed by atoms with Gasteiger partial charge in [0.2, 0.25) is 0 Å². The number of nitrogens with zero attached hydrogens (tertiary/aromatic N) is 6. The lowest BCUT2D eigenvalue weighted by Crippen LogP contribution is -2.49. The first kappa shape index (κ1) is 22.1. The Hall–Kier alpha value is -3.66. The monoisotopic (exact) mass is 465 g/mol. The number of aryl methyl sites for hydroxylation is 2. The van der Waals surface area contributed by atoms with E-state index in [1.165, 1.54) is 0 Å². The Kier molecular flexibility index (Phi) is 5.60. The van der Waals surface area contributed by atoms with Gasteiger partial charge in [-0.25, -0.2) is 18.7 Å². The van der Waals surface area contributed by atoms with Crippen LogP contribution in [0.25, 0.3) is 33.6 Å². The number of benzene rings is 1. The van der Waals surface area contributed by atoms with Crippen molar-refractivity contribution in [3.05, 3.63) is 55.2 Å². The molecule has 2 N–H and O–H groups in total. The molecule has 2 atom stereocenters. The number of aromatic nitrogens is 6. The largest absolute Gasteiger partial charge is 0.385 e. The van der Waals surface area contributed by atoms with Crippen LogP contribution in [0, 0.1) is 0 Å². The first-order valence-electron chi connectivity index (χ1n) is 11.1. The van der Waals surface area contributed by atoms with Gasteiger partial charge in [-0.15, -0.1) is 0 Å².